The summed E-state index contributed by atoms with van der Waals surface area (Å²) in [5.74, 6) is 1.13. The van der Waals surface area contributed by atoms with Crippen LogP contribution in [0.4, 0.5) is 5.69 Å². The molecular formula is C22H17N3O7. The SMILES string of the molecule is COc1ccc([N+](=O)[O-])cc1-c1ccc(/C=N\NC(=O)c2cc3cccc(OC)c3o2)o1. The number of methoxy groups -OCH3 is 2. The zero-order valence-electron chi connectivity index (χ0n) is 17.0. The van der Waals surface area contributed by atoms with Gasteiger partial charge >= 0.3 is 5.91 Å². The number of benzene rings is 2. The van der Waals surface area contributed by atoms with E-state index in [1.165, 1.54) is 38.6 Å². The number of para-hydroxylation sites is 1. The second kappa shape index (κ2) is 8.64. The number of amides is 1. The molecule has 4 rings (SSSR count). The molecule has 0 saturated heterocycles. The molecule has 0 aliphatic carbocycles. The van der Waals surface area contributed by atoms with Crippen molar-refractivity contribution in [2.45, 2.75) is 0 Å². The molecule has 0 fully saturated rings. The Hall–Kier alpha value is -4.60. The molecule has 2 heterocycles. The van der Waals surface area contributed by atoms with Gasteiger partial charge in [0.1, 0.15) is 17.3 Å². The number of non-ortho nitro benzene ring substituents is 1. The lowest BCUT2D eigenvalue weighted by Crippen LogP contribution is -2.16. The summed E-state index contributed by atoms with van der Waals surface area (Å²) < 4.78 is 21.7. The fourth-order valence-corrected chi connectivity index (χ4v) is 3.09. The summed E-state index contributed by atoms with van der Waals surface area (Å²) in [6.45, 7) is 0. The summed E-state index contributed by atoms with van der Waals surface area (Å²) in [4.78, 5) is 22.9. The molecule has 2 aromatic carbocycles. The van der Waals surface area contributed by atoms with Crippen LogP contribution in [0.15, 0.2) is 68.5 Å². The minimum Gasteiger partial charge on any atom is -0.496 e. The third-order valence-corrected chi connectivity index (χ3v) is 4.60. The Morgan fingerprint density at radius 1 is 1.06 bits per heavy atom. The molecule has 0 unspecified atom stereocenters. The lowest BCUT2D eigenvalue weighted by molar-refractivity contribution is -0.384. The zero-order valence-corrected chi connectivity index (χ0v) is 17.0. The fraction of sp³-hybridized carbons (Fsp3) is 0.0909. The molecular weight excluding hydrogens is 418 g/mol. The van der Waals surface area contributed by atoms with Crippen LogP contribution in [0.1, 0.15) is 16.3 Å². The van der Waals surface area contributed by atoms with Gasteiger partial charge in [0.2, 0.25) is 0 Å². The molecule has 0 bridgehead atoms. The van der Waals surface area contributed by atoms with Crippen LogP contribution in [0.25, 0.3) is 22.3 Å². The number of furan rings is 2. The molecule has 162 valence electrons. The van der Waals surface area contributed by atoms with E-state index in [1.54, 1.807) is 36.4 Å². The van der Waals surface area contributed by atoms with Crippen molar-refractivity contribution in [2.24, 2.45) is 5.10 Å². The van der Waals surface area contributed by atoms with Crippen molar-refractivity contribution in [3.05, 3.63) is 76.2 Å². The van der Waals surface area contributed by atoms with Gasteiger partial charge in [-0.1, -0.05) is 12.1 Å². The fourth-order valence-electron chi connectivity index (χ4n) is 3.09. The molecule has 0 saturated carbocycles. The van der Waals surface area contributed by atoms with Crippen LogP contribution < -0.4 is 14.9 Å². The number of fused-ring (bicyclic) bond motifs is 1. The number of carbonyl (C=O) groups excluding carboxylic acids is 1. The number of carbonyl (C=O) groups is 1. The van der Waals surface area contributed by atoms with Crippen molar-refractivity contribution in [3.8, 4) is 22.8 Å². The quantitative estimate of drug-likeness (QED) is 0.259. The van der Waals surface area contributed by atoms with Gasteiger partial charge in [-0.3, -0.25) is 14.9 Å². The van der Waals surface area contributed by atoms with Gasteiger partial charge < -0.3 is 18.3 Å². The highest BCUT2D eigenvalue weighted by atomic mass is 16.6. The Kier molecular flexibility index (Phi) is 5.58. The first-order chi connectivity index (χ1) is 15.5. The summed E-state index contributed by atoms with van der Waals surface area (Å²) in [5.41, 5.74) is 3.15. The Morgan fingerprint density at radius 3 is 2.62 bits per heavy atom. The number of nitrogens with one attached hydrogen (secondary N) is 1. The van der Waals surface area contributed by atoms with Crippen LogP contribution in [-0.2, 0) is 0 Å². The number of hydrogen-bond donors (Lipinski definition) is 1. The van der Waals surface area contributed by atoms with E-state index in [9.17, 15) is 14.9 Å². The molecule has 1 amide bonds. The van der Waals surface area contributed by atoms with E-state index in [0.29, 0.717) is 34.2 Å². The number of ether oxygens (including phenoxy) is 2. The normalized spacial score (nSPS) is 11.1. The summed E-state index contributed by atoms with van der Waals surface area (Å²) in [6, 6.07) is 14.3. The van der Waals surface area contributed by atoms with E-state index < -0.39 is 10.8 Å². The molecule has 0 spiro atoms. The first-order valence-electron chi connectivity index (χ1n) is 9.32. The van der Waals surface area contributed by atoms with Crippen molar-refractivity contribution in [1.29, 1.82) is 0 Å². The Bertz CT molecular complexity index is 1340. The third kappa shape index (κ3) is 4.01. The standard InChI is InChI=1S/C22H17N3O7/c1-29-17-8-6-14(25(27)28)11-16(17)18-9-7-15(31-18)12-23-24-22(26)20-10-13-4-3-5-19(30-2)21(13)32-20/h3-12H,1-2H3,(H,24,26)/b23-12-. The second-order valence-corrected chi connectivity index (χ2v) is 6.53. The second-order valence-electron chi connectivity index (χ2n) is 6.53. The van der Waals surface area contributed by atoms with E-state index in [1.807, 2.05) is 0 Å². The molecule has 0 radical (unpaired) electrons. The summed E-state index contributed by atoms with van der Waals surface area (Å²) >= 11 is 0. The number of nitro benzene ring substituents is 1. The van der Waals surface area contributed by atoms with E-state index in [4.69, 9.17) is 18.3 Å². The minimum atomic E-state index is -0.549. The summed E-state index contributed by atoms with van der Waals surface area (Å²) in [5, 5.41) is 15.7. The van der Waals surface area contributed by atoms with E-state index in [-0.39, 0.29) is 11.4 Å². The van der Waals surface area contributed by atoms with Crippen LogP contribution in [0.2, 0.25) is 0 Å². The molecule has 0 atom stereocenters. The van der Waals surface area contributed by atoms with Gasteiger partial charge in [0.15, 0.2) is 17.1 Å². The summed E-state index contributed by atoms with van der Waals surface area (Å²) in [6.07, 6.45) is 1.30. The molecule has 0 aliphatic heterocycles. The number of hydrazone groups is 1. The van der Waals surface area contributed by atoms with Crippen LogP contribution in [0.5, 0.6) is 11.5 Å². The van der Waals surface area contributed by atoms with Gasteiger partial charge in [-0.2, -0.15) is 5.10 Å². The molecule has 10 heteroatoms. The van der Waals surface area contributed by atoms with Gasteiger partial charge in [0, 0.05) is 17.5 Å². The van der Waals surface area contributed by atoms with Gasteiger partial charge in [0.05, 0.1) is 30.9 Å². The van der Waals surface area contributed by atoms with Crippen molar-refractivity contribution in [2.75, 3.05) is 14.2 Å². The first kappa shape index (κ1) is 20.7. The predicted octanol–water partition coefficient (Wildman–Crippen LogP) is 4.38. The first-order valence-corrected chi connectivity index (χ1v) is 9.32. The smallest absolute Gasteiger partial charge is 0.307 e. The van der Waals surface area contributed by atoms with Crippen molar-refractivity contribution in [1.82, 2.24) is 5.43 Å². The van der Waals surface area contributed by atoms with Crippen LogP contribution >= 0.6 is 0 Å². The van der Waals surface area contributed by atoms with Crippen LogP contribution in [0.3, 0.4) is 0 Å². The lowest BCUT2D eigenvalue weighted by atomic mass is 10.1. The molecule has 4 aromatic rings. The number of nitrogens with zero attached hydrogens (tertiary/aromatic N) is 2. The van der Waals surface area contributed by atoms with E-state index >= 15 is 0 Å². The Balaban J connectivity index is 1.50. The van der Waals surface area contributed by atoms with Crippen LogP contribution in [-0.4, -0.2) is 31.3 Å². The number of rotatable bonds is 7. The highest BCUT2D eigenvalue weighted by Crippen LogP contribution is 2.34. The minimum absolute atomic E-state index is 0.0723. The molecule has 2 aromatic heterocycles. The summed E-state index contributed by atoms with van der Waals surface area (Å²) in [7, 11) is 2.97. The maximum Gasteiger partial charge on any atom is 0.307 e. The molecule has 0 aliphatic rings. The number of hydrogen-bond acceptors (Lipinski definition) is 8. The molecule has 32 heavy (non-hydrogen) atoms. The average molecular weight is 435 g/mol. The number of nitro groups is 1. The van der Waals surface area contributed by atoms with Gasteiger partial charge in [-0.25, -0.2) is 5.43 Å². The van der Waals surface area contributed by atoms with E-state index in [0.717, 1.165) is 5.39 Å². The van der Waals surface area contributed by atoms with Crippen molar-refractivity contribution in [3.63, 3.8) is 0 Å². The molecule has 1 N–H and O–H groups in total. The maximum absolute atomic E-state index is 12.3. The zero-order chi connectivity index (χ0) is 22.7. The Labute approximate surface area is 181 Å². The van der Waals surface area contributed by atoms with Crippen LogP contribution in [0, 0.1) is 10.1 Å². The maximum atomic E-state index is 12.3. The monoisotopic (exact) mass is 435 g/mol. The topological polar surface area (TPSA) is 129 Å². The van der Waals surface area contributed by atoms with Gasteiger partial charge in [-0.15, -0.1) is 0 Å². The largest absolute Gasteiger partial charge is 0.496 e. The third-order valence-electron chi connectivity index (χ3n) is 4.60. The lowest BCUT2D eigenvalue weighted by Gasteiger charge is -2.05. The van der Waals surface area contributed by atoms with Crippen molar-refractivity contribution >= 4 is 28.8 Å². The van der Waals surface area contributed by atoms with Gasteiger partial charge in [-0.05, 0) is 30.3 Å². The van der Waals surface area contributed by atoms with E-state index in [2.05, 4.69) is 10.5 Å². The van der Waals surface area contributed by atoms with Gasteiger partial charge in [0.25, 0.3) is 5.69 Å². The average Bonchev–Trinajstić information content (AvgIpc) is 3.45. The highest BCUT2D eigenvalue weighted by Gasteiger charge is 2.16. The highest BCUT2D eigenvalue weighted by molar-refractivity contribution is 5.97. The molecule has 10 nitrogen and oxygen atoms in total. The van der Waals surface area contributed by atoms with Crippen molar-refractivity contribution < 1.29 is 28.0 Å². The Morgan fingerprint density at radius 2 is 1.88 bits per heavy atom. The predicted molar refractivity (Wildman–Crippen MR) is 115 cm³/mol.